The predicted octanol–water partition coefficient (Wildman–Crippen LogP) is -1.13. The van der Waals surface area contributed by atoms with Crippen LogP contribution in [0.1, 0.15) is 11.4 Å². The molecule has 0 unspecified atom stereocenters. The first-order chi connectivity index (χ1) is 2.00. The van der Waals surface area contributed by atoms with Gasteiger partial charge in [-0.3, -0.25) is 0 Å². The van der Waals surface area contributed by atoms with Gasteiger partial charge >= 0.3 is 159 Å². The molecular weight excluding hydrogens is 291 g/mol. The number of phosphoric acid groups is 1. The molecule has 0 aliphatic heterocycles. The summed E-state index contributed by atoms with van der Waals surface area (Å²) in [6.07, 6.45) is 0. The van der Waals surface area contributed by atoms with E-state index in [9.17, 15) is 0 Å². The minimum Gasteiger partial charge on any atom is -1.00 e. The molecular formula is H12Ca4ClO4P. The molecule has 10 heteroatoms. The van der Waals surface area contributed by atoms with Gasteiger partial charge in [0.15, 0.2) is 0 Å². The SMILES string of the molecule is Cl.O=P(O)(O)O.[Ca+2].[Ca+2].[Ca+2].[Ca+2].[H-].[H-].[H-].[H-].[H-].[H-].[H-].[H-]. The van der Waals surface area contributed by atoms with Crippen LogP contribution in [-0.4, -0.2) is 166 Å². The summed E-state index contributed by atoms with van der Waals surface area (Å²) in [4.78, 5) is 21.6. The van der Waals surface area contributed by atoms with E-state index in [-0.39, 0.29) is 175 Å². The minimum atomic E-state index is -4.64. The van der Waals surface area contributed by atoms with E-state index < -0.39 is 7.82 Å². The zero-order chi connectivity index (χ0) is 4.50. The standard InChI is InChI=1S/4Ca.ClH.H3O4P.8H/c;;;;;1-5(2,3)4;;;;;;;;/h;;;;1H;(H3,1,2,3,4);;;;;;;;/q4*+2;;;8*-1. The molecule has 0 heterocycles. The Labute approximate surface area is 197 Å². The zero-order valence-corrected chi connectivity index (χ0v) is 16.0. The molecule has 0 rings (SSSR count). The minimum absolute atomic E-state index is 0. The summed E-state index contributed by atoms with van der Waals surface area (Å²) in [6.45, 7) is 0. The van der Waals surface area contributed by atoms with Crippen molar-refractivity contribution in [3.05, 3.63) is 0 Å². The Bertz CT molecular complexity index is 81.2. The van der Waals surface area contributed by atoms with Gasteiger partial charge < -0.3 is 26.1 Å². The van der Waals surface area contributed by atoms with Gasteiger partial charge in [-0.05, 0) is 0 Å². The van der Waals surface area contributed by atoms with Gasteiger partial charge in [0.25, 0.3) is 0 Å². The Balaban J connectivity index is -0.00000000103. The van der Waals surface area contributed by atoms with Gasteiger partial charge in [-0.25, -0.2) is 4.57 Å². The second-order valence-corrected chi connectivity index (χ2v) is 1.54. The molecule has 3 N–H and O–H groups in total. The van der Waals surface area contributed by atoms with Crippen molar-refractivity contribution in [1.82, 2.24) is 0 Å². The van der Waals surface area contributed by atoms with E-state index in [0.717, 1.165) is 0 Å². The second-order valence-electron chi connectivity index (χ2n) is 0.513. The summed E-state index contributed by atoms with van der Waals surface area (Å²) in [5.41, 5.74) is 0. The van der Waals surface area contributed by atoms with Crippen molar-refractivity contribution in [3.8, 4) is 0 Å². The van der Waals surface area contributed by atoms with Crippen molar-refractivity contribution >= 4 is 171 Å². The van der Waals surface area contributed by atoms with Crippen LogP contribution in [0.25, 0.3) is 0 Å². The molecule has 0 aromatic rings. The normalized spacial score (nSPS) is 5.90. The fraction of sp³-hybridized carbons (Fsp3) is 0. The molecule has 0 bridgehead atoms. The molecule has 0 atom stereocenters. The quantitative estimate of drug-likeness (QED) is 0.391. The molecule has 0 amide bonds. The fourth-order valence-electron chi connectivity index (χ4n) is 0. The van der Waals surface area contributed by atoms with Crippen LogP contribution in [0.3, 0.4) is 0 Å². The van der Waals surface area contributed by atoms with Crippen LogP contribution < -0.4 is 0 Å². The molecule has 0 aliphatic carbocycles. The second kappa shape index (κ2) is 19.9. The molecule has 0 radical (unpaired) electrons. The summed E-state index contributed by atoms with van der Waals surface area (Å²) >= 11 is 0. The van der Waals surface area contributed by atoms with E-state index in [0.29, 0.717) is 0 Å². The molecule has 10 heavy (non-hydrogen) atoms. The Morgan fingerprint density at radius 2 is 0.900 bits per heavy atom. The van der Waals surface area contributed by atoms with Crippen LogP contribution in [0.15, 0.2) is 0 Å². The summed E-state index contributed by atoms with van der Waals surface area (Å²) in [6, 6.07) is 0. The Morgan fingerprint density at radius 1 is 0.900 bits per heavy atom. The predicted molar refractivity (Wildman–Crippen MR) is 53.4 cm³/mol. The summed E-state index contributed by atoms with van der Waals surface area (Å²) in [5.74, 6) is 0. The first-order valence-corrected chi connectivity index (χ1v) is 2.35. The van der Waals surface area contributed by atoms with E-state index >= 15 is 0 Å². The van der Waals surface area contributed by atoms with Crippen LogP contribution in [0.4, 0.5) is 0 Å². The van der Waals surface area contributed by atoms with Crippen molar-refractivity contribution in [2.75, 3.05) is 0 Å². The molecule has 4 nitrogen and oxygen atoms in total. The average molecular weight is 303 g/mol. The van der Waals surface area contributed by atoms with Gasteiger partial charge in [-0.2, -0.15) is 0 Å². The zero-order valence-electron chi connectivity index (χ0n) is 13.4. The van der Waals surface area contributed by atoms with Gasteiger partial charge in [0.05, 0.1) is 0 Å². The van der Waals surface area contributed by atoms with E-state index in [2.05, 4.69) is 0 Å². The third-order valence-electron chi connectivity index (χ3n) is 0. The summed E-state index contributed by atoms with van der Waals surface area (Å²) in [5, 5.41) is 0. The molecule has 0 saturated heterocycles. The largest absolute Gasteiger partial charge is 2.00 e. The van der Waals surface area contributed by atoms with Crippen molar-refractivity contribution < 1.29 is 30.7 Å². The first kappa shape index (κ1) is 36.1. The molecule has 0 aromatic heterocycles. The molecule has 0 fully saturated rings. The molecule has 0 saturated carbocycles. The first-order valence-electron chi connectivity index (χ1n) is 0.783. The number of hydrogen-bond acceptors (Lipinski definition) is 1. The topological polar surface area (TPSA) is 77.8 Å². The third-order valence-corrected chi connectivity index (χ3v) is 0. The maximum atomic E-state index is 8.88. The van der Waals surface area contributed by atoms with Gasteiger partial charge in [0.2, 0.25) is 0 Å². The monoisotopic (exact) mass is 302 g/mol. The maximum absolute atomic E-state index is 8.88. The van der Waals surface area contributed by atoms with Gasteiger partial charge in [0.1, 0.15) is 0 Å². The van der Waals surface area contributed by atoms with Crippen molar-refractivity contribution in [2.24, 2.45) is 0 Å². The van der Waals surface area contributed by atoms with Crippen LogP contribution >= 0.6 is 20.2 Å². The smallest absolute Gasteiger partial charge is 1.00 e. The van der Waals surface area contributed by atoms with E-state index in [4.69, 9.17) is 19.2 Å². The van der Waals surface area contributed by atoms with E-state index in [1.165, 1.54) is 0 Å². The van der Waals surface area contributed by atoms with Gasteiger partial charge in [-0.1, -0.05) is 0 Å². The van der Waals surface area contributed by atoms with Gasteiger partial charge in [0, 0.05) is 0 Å². The summed E-state index contributed by atoms with van der Waals surface area (Å²) < 4.78 is 8.88. The van der Waals surface area contributed by atoms with E-state index in [1.807, 2.05) is 0 Å². The molecule has 56 valence electrons. The molecule has 0 aromatic carbocycles. The van der Waals surface area contributed by atoms with Crippen molar-refractivity contribution in [2.45, 2.75) is 0 Å². The Hall–Kier alpha value is 5.44. The van der Waals surface area contributed by atoms with Crippen LogP contribution in [0, 0.1) is 0 Å². The molecule has 0 spiro atoms. The van der Waals surface area contributed by atoms with E-state index in [1.54, 1.807) is 0 Å². The van der Waals surface area contributed by atoms with Crippen molar-refractivity contribution in [3.63, 3.8) is 0 Å². The van der Waals surface area contributed by atoms with Crippen LogP contribution in [0.2, 0.25) is 0 Å². The van der Waals surface area contributed by atoms with Crippen molar-refractivity contribution in [1.29, 1.82) is 0 Å². The number of halogens is 1. The number of rotatable bonds is 0. The average Bonchev–Trinajstić information content (AvgIpc) is 0.722. The van der Waals surface area contributed by atoms with Gasteiger partial charge in [-0.15, -0.1) is 12.4 Å². The third kappa shape index (κ3) is 70.3. The van der Waals surface area contributed by atoms with Crippen LogP contribution in [0.5, 0.6) is 0 Å². The Kier molecular flexibility index (Phi) is 72.0. The fourth-order valence-corrected chi connectivity index (χ4v) is 0. The van der Waals surface area contributed by atoms with Crippen LogP contribution in [-0.2, 0) is 4.57 Å². The Morgan fingerprint density at radius 3 is 0.900 bits per heavy atom. The summed E-state index contributed by atoms with van der Waals surface area (Å²) in [7, 11) is -4.64. The maximum Gasteiger partial charge on any atom is 2.00 e. The number of hydrogen-bond donors (Lipinski definition) is 3. The molecule has 0 aliphatic rings.